The summed E-state index contributed by atoms with van der Waals surface area (Å²) in [6.45, 7) is 5.24. The van der Waals surface area contributed by atoms with Crippen LogP contribution >= 0.6 is 0 Å². The number of ketones is 1. The fraction of sp³-hybridized carbons (Fsp3) is 0.615. The lowest BCUT2D eigenvalue weighted by Gasteiger charge is -2.20. The second kappa shape index (κ2) is 4.83. The molecule has 1 aliphatic rings. The molecule has 1 fully saturated rings. The lowest BCUT2D eigenvalue weighted by Crippen LogP contribution is -2.33. The van der Waals surface area contributed by atoms with Gasteiger partial charge in [0.1, 0.15) is 11.5 Å². The zero-order chi connectivity index (χ0) is 11.5. The van der Waals surface area contributed by atoms with Gasteiger partial charge in [-0.05, 0) is 25.0 Å². The van der Waals surface area contributed by atoms with E-state index < -0.39 is 0 Å². The fourth-order valence-electron chi connectivity index (χ4n) is 1.74. The van der Waals surface area contributed by atoms with E-state index in [4.69, 9.17) is 4.42 Å². The molecule has 0 spiro atoms. The summed E-state index contributed by atoms with van der Waals surface area (Å²) in [5.41, 5.74) is 0. The number of hydrogen-bond acceptors (Lipinski definition) is 3. The van der Waals surface area contributed by atoms with Crippen molar-refractivity contribution >= 4 is 5.78 Å². The molecular weight excluding hydrogens is 202 g/mol. The quantitative estimate of drug-likeness (QED) is 0.740. The number of carbonyl (C=O) groups is 1. The highest BCUT2D eigenvalue weighted by Crippen LogP contribution is 2.28. The first kappa shape index (κ1) is 11.4. The van der Waals surface area contributed by atoms with Gasteiger partial charge in [0.2, 0.25) is 0 Å². The Hall–Kier alpha value is -1.09. The van der Waals surface area contributed by atoms with Crippen LogP contribution in [-0.4, -0.2) is 23.3 Å². The van der Waals surface area contributed by atoms with Gasteiger partial charge in [-0.25, -0.2) is 0 Å². The van der Waals surface area contributed by atoms with Crippen LogP contribution in [0.1, 0.15) is 32.4 Å². The van der Waals surface area contributed by atoms with Gasteiger partial charge < -0.3 is 4.42 Å². The maximum Gasteiger partial charge on any atom is 0.149 e. The summed E-state index contributed by atoms with van der Waals surface area (Å²) in [4.78, 5) is 14.0. The zero-order valence-electron chi connectivity index (χ0n) is 9.98. The molecule has 0 atom stereocenters. The molecule has 0 bridgehead atoms. The van der Waals surface area contributed by atoms with Crippen molar-refractivity contribution in [3.05, 3.63) is 24.2 Å². The summed E-state index contributed by atoms with van der Waals surface area (Å²) in [5, 5.41) is 0. The summed E-state index contributed by atoms with van der Waals surface area (Å²) in [6, 6.07) is 4.45. The lowest BCUT2D eigenvalue weighted by molar-refractivity contribution is -0.123. The van der Waals surface area contributed by atoms with Gasteiger partial charge in [-0.15, -0.1) is 0 Å². The molecule has 2 rings (SSSR count). The van der Waals surface area contributed by atoms with E-state index in [1.165, 1.54) is 12.8 Å². The first-order chi connectivity index (χ1) is 7.66. The van der Waals surface area contributed by atoms with Crippen LogP contribution in [0.5, 0.6) is 0 Å². The molecule has 1 aliphatic carbocycles. The van der Waals surface area contributed by atoms with E-state index in [0.717, 1.165) is 12.3 Å². The molecule has 0 amide bonds. The number of Topliss-reactive ketones (excluding diaryl/α,β-unsaturated/α-hetero) is 1. The Labute approximate surface area is 96.4 Å². The van der Waals surface area contributed by atoms with Crippen LogP contribution < -0.4 is 0 Å². The smallest absolute Gasteiger partial charge is 0.149 e. The van der Waals surface area contributed by atoms with E-state index in [1.54, 1.807) is 6.26 Å². The van der Waals surface area contributed by atoms with Gasteiger partial charge in [0.25, 0.3) is 0 Å². The fourth-order valence-corrected chi connectivity index (χ4v) is 1.74. The van der Waals surface area contributed by atoms with E-state index in [0.29, 0.717) is 18.4 Å². The van der Waals surface area contributed by atoms with E-state index in [2.05, 4.69) is 4.90 Å². The molecule has 0 aliphatic heterocycles. The summed E-state index contributed by atoms with van der Waals surface area (Å²) in [7, 11) is 0. The highest BCUT2D eigenvalue weighted by molar-refractivity contribution is 5.82. The van der Waals surface area contributed by atoms with Crippen molar-refractivity contribution in [3.63, 3.8) is 0 Å². The van der Waals surface area contributed by atoms with E-state index in [9.17, 15) is 4.79 Å². The SMILES string of the molecule is CC(C)C(=O)CN(Cc1ccco1)C1CC1. The van der Waals surface area contributed by atoms with Crippen molar-refractivity contribution in [3.8, 4) is 0 Å². The maximum absolute atomic E-state index is 11.7. The molecule has 0 radical (unpaired) electrons. The summed E-state index contributed by atoms with van der Waals surface area (Å²) < 4.78 is 5.33. The van der Waals surface area contributed by atoms with Crippen molar-refractivity contribution in [1.29, 1.82) is 0 Å². The standard InChI is InChI=1S/C13H19NO2/c1-10(2)13(15)9-14(11-5-6-11)8-12-4-3-7-16-12/h3-4,7,10-11H,5-6,8-9H2,1-2H3. The molecular formula is C13H19NO2. The Morgan fingerprint density at radius 2 is 2.31 bits per heavy atom. The number of nitrogens with zero attached hydrogens (tertiary/aromatic N) is 1. The summed E-state index contributed by atoms with van der Waals surface area (Å²) >= 11 is 0. The van der Waals surface area contributed by atoms with Crippen LogP contribution in [0.3, 0.4) is 0 Å². The van der Waals surface area contributed by atoms with Crippen molar-refractivity contribution < 1.29 is 9.21 Å². The Balaban J connectivity index is 1.92. The molecule has 3 nitrogen and oxygen atoms in total. The molecule has 0 aromatic carbocycles. The van der Waals surface area contributed by atoms with Gasteiger partial charge >= 0.3 is 0 Å². The van der Waals surface area contributed by atoms with E-state index >= 15 is 0 Å². The molecule has 1 aromatic rings. The predicted octanol–water partition coefficient (Wildman–Crippen LogP) is 2.47. The van der Waals surface area contributed by atoms with Crippen LogP contribution in [0.2, 0.25) is 0 Å². The average Bonchev–Trinajstić information content (AvgIpc) is 2.97. The second-order valence-electron chi connectivity index (χ2n) is 4.84. The Kier molecular flexibility index (Phi) is 3.44. The van der Waals surface area contributed by atoms with E-state index in [1.807, 2.05) is 26.0 Å². The topological polar surface area (TPSA) is 33.5 Å². The number of furan rings is 1. The van der Waals surface area contributed by atoms with Crippen LogP contribution in [0.15, 0.2) is 22.8 Å². The van der Waals surface area contributed by atoms with Crippen molar-refractivity contribution in [2.45, 2.75) is 39.3 Å². The predicted molar refractivity (Wildman–Crippen MR) is 62.0 cm³/mol. The third kappa shape index (κ3) is 2.95. The van der Waals surface area contributed by atoms with Crippen LogP contribution in [0.25, 0.3) is 0 Å². The molecule has 1 heterocycles. The third-order valence-corrected chi connectivity index (χ3v) is 3.01. The molecule has 0 unspecified atom stereocenters. The first-order valence-corrected chi connectivity index (χ1v) is 5.96. The molecule has 16 heavy (non-hydrogen) atoms. The normalized spacial score (nSPS) is 16.0. The zero-order valence-corrected chi connectivity index (χ0v) is 9.98. The monoisotopic (exact) mass is 221 g/mol. The van der Waals surface area contributed by atoms with Crippen LogP contribution in [0, 0.1) is 5.92 Å². The van der Waals surface area contributed by atoms with Crippen molar-refractivity contribution in [2.75, 3.05) is 6.54 Å². The van der Waals surface area contributed by atoms with Gasteiger partial charge in [-0.2, -0.15) is 0 Å². The van der Waals surface area contributed by atoms with Crippen LogP contribution in [-0.2, 0) is 11.3 Å². The highest BCUT2D eigenvalue weighted by Gasteiger charge is 2.31. The molecule has 0 N–H and O–H groups in total. The number of carbonyl (C=O) groups excluding carboxylic acids is 1. The molecule has 1 saturated carbocycles. The van der Waals surface area contributed by atoms with Gasteiger partial charge in [0.05, 0.1) is 19.4 Å². The largest absolute Gasteiger partial charge is 0.468 e. The molecule has 1 aromatic heterocycles. The van der Waals surface area contributed by atoms with Gasteiger partial charge in [0, 0.05) is 12.0 Å². The summed E-state index contributed by atoms with van der Waals surface area (Å²) in [5.74, 6) is 1.39. The van der Waals surface area contributed by atoms with Gasteiger partial charge in [-0.3, -0.25) is 9.69 Å². The third-order valence-electron chi connectivity index (χ3n) is 3.01. The summed E-state index contributed by atoms with van der Waals surface area (Å²) in [6.07, 6.45) is 4.11. The minimum Gasteiger partial charge on any atom is -0.468 e. The Morgan fingerprint density at radius 1 is 1.56 bits per heavy atom. The Morgan fingerprint density at radius 3 is 2.81 bits per heavy atom. The average molecular weight is 221 g/mol. The Bertz CT molecular complexity index is 339. The molecule has 0 saturated heterocycles. The minimum absolute atomic E-state index is 0.123. The first-order valence-electron chi connectivity index (χ1n) is 5.96. The van der Waals surface area contributed by atoms with Crippen molar-refractivity contribution in [1.82, 2.24) is 4.90 Å². The molecule has 3 heteroatoms. The maximum atomic E-state index is 11.7. The van der Waals surface area contributed by atoms with Crippen LogP contribution in [0.4, 0.5) is 0 Å². The second-order valence-corrected chi connectivity index (χ2v) is 4.84. The van der Waals surface area contributed by atoms with E-state index in [-0.39, 0.29) is 5.92 Å². The number of rotatable bonds is 6. The highest BCUT2D eigenvalue weighted by atomic mass is 16.3. The minimum atomic E-state index is 0.123. The van der Waals surface area contributed by atoms with Gasteiger partial charge in [0.15, 0.2) is 0 Å². The van der Waals surface area contributed by atoms with Crippen molar-refractivity contribution in [2.24, 2.45) is 5.92 Å². The molecule has 88 valence electrons. The van der Waals surface area contributed by atoms with Gasteiger partial charge in [-0.1, -0.05) is 13.8 Å². The lowest BCUT2D eigenvalue weighted by atomic mass is 10.1. The number of hydrogen-bond donors (Lipinski definition) is 0.